The standard InChI is InChI=1S/C17H21N7O2/c1-11-6-9-24(22-11)16-5-4-15(20-21-16)18-7-8-19-17(25)10-14-12(2)23-26-13(14)3/h4-6,9H,7-8,10H2,1-3H3,(H,18,20)(H,19,25). The van der Waals surface area contributed by atoms with Gasteiger partial charge in [0, 0.05) is 24.8 Å². The zero-order valence-corrected chi connectivity index (χ0v) is 15.0. The van der Waals surface area contributed by atoms with Crippen molar-refractivity contribution in [1.82, 2.24) is 30.5 Å². The molecule has 9 heteroatoms. The van der Waals surface area contributed by atoms with E-state index in [1.54, 1.807) is 11.6 Å². The van der Waals surface area contributed by atoms with Crippen molar-refractivity contribution >= 4 is 11.7 Å². The van der Waals surface area contributed by atoms with Gasteiger partial charge in [0.05, 0.1) is 17.8 Å². The average Bonchev–Trinajstić information content (AvgIpc) is 3.20. The third kappa shape index (κ3) is 4.24. The van der Waals surface area contributed by atoms with Crippen LogP contribution in [0.15, 0.2) is 28.9 Å². The zero-order chi connectivity index (χ0) is 18.5. The van der Waals surface area contributed by atoms with Crippen LogP contribution in [0.25, 0.3) is 5.82 Å². The summed E-state index contributed by atoms with van der Waals surface area (Å²) in [5, 5.41) is 22.3. The van der Waals surface area contributed by atoms with Crippen molar-refractivity contribution in [3.8, 4) is 5.82 Å². The number of aryl methyl sites for hydroxylation is 3. The van der Waals surface area contributed by atoms with Crippen molar-refractivity contribution in [1.29, 1.82) is 0 Å². The molecule has 0 fully saturated rings. The lowest BCUT2D eigenvalue weighted by molar-refractivity contribution is -0.120. The molecule has 0 radical (unpaired) electrons. The molecule has 0 aliphatic rings. The largest absolute Gasteiger partial charge is 0.367 e. The molecule has 9 nitrogen and oxygen atoms in total. The average molecular weight is 355 g/mol. The minimum atomic E-state index is -0.0725. The Morgan fingerprint density at radius 3 is 2.62 bits per heavy atom. The minimum Gasteiger partial charge on any atom is -0.367 e. The molecule has 0 spiro atoms. The summed E-state index contributed by atoms with van der Waals surface area (Å²) in [5.41, 5.74) is 2.51. The van der Waals surface area contributed by atoms with Gasteiger partial charge in [-0.2, -0.15) is 5.10 Å². The van der Waals surface area contributed by atoms with E-state index in [2.05, 4.69) is 31.1 Å². The van der Waals surface area contributed by atoms with E-state index in [1.807, 2.05) is 38.2 Å². The highest BCUT2D eigenvalue weighted by atomic mass is 16.5. The van der Waals surface area contributed by atoms with Gasteiger partial charge in [0.25, 0.3) is 0 Å². The normalized spacial score (nSPS) is 10.7. The van der Waals surface area contributed by atoms with E-state index in [1.165, 1.54) is 0 Å². The van der Waals surface area contributed by atoms with Gasteiger partial charge in [0.15, 0.2) is 5.82 Å². The highest BCUT2D eigenvalue weighted by Gasteiger charge is 2.12. The summed E-state index contributed by atoms with van der Waals surface area (Å²) in [4.78, 5) is 12.0. The quantitative estimate of drug-likeness (QED) is 0.615. The van der Waals surface area contributed by atoms with E-state index in [-0.39, 0.29) is 12.3 Å². The highest BCUT2D eigenvalue weighted by molar-refractivity contribution is 5.79. The number of nitrogens with zero attached hydrogens (tertiary/aromatic N) is 5. The third-order valence-corrected chi connectivity index (χ3v) is 3.88. The molecule has 0 atom stereocenters. The van der Waals surface area contributed by atoms with Crippen molar-refractivity contribution < 1.29 is 9.32 Å². The molecule has 0 saturated heterocycles. The number of rotatable bonds is 7. The van der Waals surface area contributed by atoms with Gasteiger partial charge in [0.1, 0.15) is 11.6 Å². The second-order valence-electron chi connectivity index (χ2n) is 5.93. The highest BCUT2D eigenvalue weighted by Crippen LogP contribution is 2.12. The van der Waals surface area contributed by atoms with Crippen LogP contribution in [0.2, 0.25) is 0 Å². The van der Waals surface area contributed by atoms with E-state index in [0.717, 1.165) is 17.0 Å². The minimum absolute atomic E-state index is 0.0725. The van der Waals surface area contributed by atoms with Crippen molar-refractivity contribution in [2.24, 2.45) is 0 Å². The number of carbonyl (C=O) groups excluding carboxylic acids is 1. The lowest BCUT2D eigenvalue weighted by atomic mass is 10.1. The van der Waals surface area contributed by atoms with Crippen molar-refractivity contribution in [2.75, 3.05) is 18.4 Å². The number of carbonyl (C=O) groups is 1. The molecule has 0 aliphatic carbocycles. The molecular formula is C17H21N7O2. The van der Waals surface area contributed by atoms with Crippen molar-refractivity contribution in [2.45, 2.75) is 27.2 Å². The molecule has 2 N–H and O–H groups in total. The molecule has 0 aromatic carbocycles. The van der Waals surface area contributed by atoms with E-state index >= 15 is 0 Å². The van der Waals surface area contributed by atoms with Crippen molar-refractivity contribution in [3.05, 3.63) is 47.1 Å². The molecule has 0 bridgehead atoms. The van der Waals surface area contributed by atoms with Gasteiger partial charge in [0.2, 0.25) is 5.91 Å². The fourth-order valence-electron chi connectivity index (χ4n) is 2.45. The van der Waals surface area contributed by atoms with Gasteiger partial charge in [-0.3, -0.25) is 4.79 Å². The third-order valence-electron chi connectivity index (χ3n) is 3.88. The summed E-state index contributed by atoms with van der Waals surface area (Å²) in [6, 6.07) is 5.56. The molecule has 0 aliphatic heterocycles. The van der Waals surface area contributed by atoms with Crippen LogP contribution in [-0.2, 0) is 11.2 Å². The van der Waals surface area contributed by atoms with Gasteiger partial charge in [-0.1, -0.05) is 5.16 Å². The number of aromatic nitrogens is 5. The summed E-state index contributed by atoms with van der Waals surface area (Å²) in [6.45, 7) is 6.57. The Balaban J connectivity index is 1.43. The Bertz CT molecular complexity index is 863. The van der Waals surface area contributed by atoms with Crippen LogP contribution in [0.4, 0.5) is 5.82 Å². The predicted molar refractivity (Wildman–Crippen MR) is 95.1 cm³/mol. The predicted octanol–water partition coefficient (Wildman–Crippen LogP) is 1.35. The van der Waals surface area contributed by atoms with Gasteiger partial charge in [-0.05, 0) is 39.0 Å². The molecule has 26 heavy (non-hydrogen) atoms. The van der Waals surface area contributed by atoms with Crippen LogP contribution in [-0.4, -0.2) is 44.1 Å². The second kappa shape index (κ2) is 7.77. The van der Waals surface area contributed by atoms with E-state index in [9.17, 15) is 4.79 Å². The van der Waals surface area contributed by atoms with Crippen LogP contribution in [0.5, 0.6) is 0 Å². The maximum Gasteiger partial charge on any atom is 0.224 e. The molecule has 3 rings (SSSR count). The Kier molecular flexibility index (Phi) is 5.26. The zero-order valence-electron chi connectivity index (χ0n) is 15.0. The Morgan fingerprint density at radius 1 is 1.15 bits per heavy atom. The maximum atomic E-state index is 12.0. The number of nitrogens with one attached hydrogen (secondary N) is 2. The number of hydrogen-bond donors (Lipinski definition) is 2. The van der Waals surface area contributed by atoms with Crippen LogP contribution in [0, 0.1) is 20.8 Å². The van der Waals surface area contributed by atoms with Crippen LogP contribution in [0.1, 0.15) is 22.7 Å². The summed E-state index contributed by atoms with van der Waals surface area (Å²) < 4.78 is 6.73. The number of amides is 1. The topological polar surface area (TPSA) is 111 Å². The molecule has 0 saturated carbocycles. The molecule has 3 aromatic heterocycles. The van der Waals surface area contributed by atoms with Crippen molar-refractivity contribution in [3.63, 3.8) is 0 Å². The number of anilines is 1. The van der Waals surface area contributed by atoms with E-state index < -0.39 is 0 Å². The molecule has 136 valence electrons. The van der Waals surface area contributed by atoms with Gasteiger partial charge in [-0.25, -0.2) is 4.68 Å². The first-order valence-electron chi connectivity index (χ1n) is 8.31. The summed E-state index contributed by atoms with van der Waals surface area (Å²) in [5.74, 6) is 1.89. The molecule has 1 amide bonds. The lowest BCUT2D eigenvalue weighted by Gasteiger charge is -2.07. The van der Waals surface area contributed by atoms with E-state index in [4.69, 9.17) is 4.52 Å². The first-order chi connectivity index (χ1) is 12.5. The number of hydrogen-bond acceptors (Lipinski definition) is 7. The van der Waals surface area contributed by atoms with Crippen LogP contribution in [0.3, 0.4) is 0 Å². The molecule has 3 heterocycles. The summed E-state index contributed by atoms with van der Waals surface area (Å²) in [6.07, 6.45) is 2.10. The lowest BCUT2D eigenvalue weighted by Crippen LogP contribution is -2.30. The fourth-order valence-corrected chi connectivity index (χ4v) is 2.45. The first kappa shape index (κ1) is 17.6. The molecule has 3 aromatic rings. The van der Waals surface area contributed by atoms with Gasteiger partial charge in [-0.15, -0.1) is 10.2 Å². The van der Waals surface area contributed by atoms with Crippen LogP contribution >= 0.6 is 0 Å². The fraction of sp³-hybridized carbons (Fsp3) is 0.353. The summed E-state index contributed by atoms with van der Waals surface area (Å²) in [7, 11) is 0. The summed E-state index contributed by atoms with van der Waals surface area (Å²) >= 11 is 0. The smallest absolute Gasteiger partial charge is 0.224 e. The Morgan fingerprint density at radius 2 is 2.00 bits per heavy atom. The Labute approximate surface area is 150 Å². The van der Waals surface area contributed by atoms with Gasteiger partial charge < -0.3 is 15.2 Å². The Hall–Kier alpha value is -3.23. The molecular weight excluding hydrogens is 334 g/mol. The van der Waals surface area contributed by atoms with Crippen LogP contribution < -0.4 is 10.6 Å². The van der Waals surface area contributed by atoms with E-state index in [0.29, 0.717) is 30.5 Å². The van der Waals surface area contributed by atoms with Gasteiger partial charge >= 0.3 is 0 Å². The maximum absolute atomic E-state index is 12.0. The second-order valence-corrected chi connectivity index (χ2v) is 5.93. The molecule has 0 unspecified atom stereocenters. The monoisotopic (exact) mass is 355 g/mol. The first-order valence-corrected chi connectivity index (χ1v) is 8.31. The SMILES string of the molecule is Cc1ccn(-c2ccc(NCCNC(=O)Cc3c(C)noc3C)nn2)n1.